The van der Waals surface area contributed by atoms with E-state index in [4.69, 9.17) is 23.8 Å². The Balaban J connectivity index is 1.73. The van der Waals surface area contributed by atoms with E-state index in [-0.39, 0.29) is 36.7 Å². The van der Waals surface area contributed by atoms with Crippen LogP contribution in [0.25, 0.3) is 11.7 Å². The van der Waals surface area contributed by atoms with Gasteiger partial charge in [0, 0.05) is 17.8 Å². The highest BCUT2D eigenvalue weighted by molar-refractivity contribution is 8.26. The van der Waals surface area contributed by atoms with Gasteiger partial charge in [-0.1, -0.05) is 59.8 Å². The number of nitrogens with one attached hydrogen (secondary N) is 1. The van der Waals surface area contributed by atoms with Gasteiger partial charge in [0.2, 0.25) is 0 Å². The van der Waals surface area contributed by atoms with Crippen LogP contribution in [-0.2, 0) is 11.3 Å². The molecule has 158 valence electrons. The number of halogens is 1. The predicted molar refractivity (Wildman–Crippen MR) is 127 cm³/mol. The number of aromatic nitrogens is 2. The van der Waals surface area contributed by atoms with Gasteiger partial charge in [-0.15, -0.1) is 0 Å². The number of fused-ring (bicyclic) bond motifs is 1. The summed E-state index contributed by atoms with van der Waals surface area (Å²) in [5, 5.41) is 12.7. The lowest BCUT2D eigenvalue weighted by Gasteiger charge is -2.15. The van der Waals surface area contributed by atoms with E-state index in [1.54, 1.807) is 30.5 Å². The maximum Gasteiger partial charge on any atom is 0.267 e. The van der Waals surface area contributed by atoms with E-state index < -0.39 is 0 Å². The molecule has 2 aromatic heterocycles. The van der Waals surface area contributed by atoms with Crippen molar-refractivity contribution in [3.8, 4) is 0 Å². The number of thioether (sulfide) groups is 1. The second-order valence-electron chi connectivity index (χ2n) is 6.62. The zero-order valence-corrected chi connectivity index (χ0v) is 18.5. The summed E-state index contributed by atoms with van der Waals surface area (Å²) in [6.07, 6.45) is 3.11. The van der Waals surface area contributed by atoms with Gasteiger partial charge in [0.25, 0.3) is 11.5 Å². The summed E-state index contributed by atoms with van der Waals surface area (Å²) in [6, 6.07) is 12.5. The largest absolute Gasteiger partial charge is 0.395 e. The highest BCUT2D eigenvalue weighted by atomic mass is 35.5. The van der Waals surface area contributed by atoms with Gasteiger partial charge in [-0.05, 0) is 29.8 Å². The number of thiocarbonyl (C=S) groups is 1. The Bertz CT molecular complexity index is 1270. The van der Waals surface area contributed by atoms with Crippen molar-refractivity contribution >= 4 is 63.3 Å². The van der Waals surface area contributed by atoms with Gasteiger partial charge < -0.3 is 10.4 Å². The second kappa shape index (κ2) is 9.19. The predicted octanol–water partition coefficient (Wildman–Crippen LogP) is 3.15. The van der Waals surface area contributed by atoms with Crippen molar-refractivity contribution in [3.63, 3.8) is 0 Å². The molecule has 0 spiro atoms. The van der Waals surface area contributed by atoms with Crippen LogP contribution < -0.4 is 10.9 Å². The molecule has 0 radical (unpaired) electrons. The summed E-state index contributed by atoms with van der Waals surface area (Å²) >= 11 is 12.7. The fourth-order valence-corrected chi connectivity index (χ4v) is 4.54. The van der Waals surface area contributed by atoms with Crippen molar-refractivity contribution in [2.45, 2.75) is 6.54 Å². The van der Waals surface area contributed by atoms with Crippen molar-refractivity contribution in [2.24, 2.45) is 0 Å². The van der Waals surface area contributed by atoms with E-state index in [1.165, 1.54) is 15.4 Å². The topological polar surface area (TPSA) is 86.9 Å². The summed E-state index contributed by atoms with van der Waals surface area (Å²) in [4.78, 5) is 32.4. The molecule has 2 N–H and O–H groups in total. The van der Waals surface area contributed by atoms with E-state index in [2.05, 4.69) is 10.3 Å². The standard InChI is InChI=1S/C21H17ClN4O3S2/c22-15-6-2-1-5-13(15)12-26-20(29)16(31-21(26)30)11-14-18(23-8-10-27)24-17-7-3-4-9-25(17)19(14)28/h1-7,9,11,23,27H,8,10,12H2. The molecule has 0 bridgehead atoms. The quantitative estimate of drug-likeness (QED) is 0.421. The first kappa shape index (κ1) is 21.5. The Morgan fingerprint density at radius 2 is 1.97 bits per heavy atom. The van der Waals surface area contributed by atoms with Crippen LogP contribution in [0.4, 0.5) is 5.82 Å². The van der Waals surface area contributed by atoms with E-state index in [9.17, 15) is 14.7 Å². The van der Waals surface area contributed by atoms with Crippen LogP contribution in [0.5, 0.6) is 0 Å². The van der Waals surface area contributed by atoms with Crippen LogP contribution in [0.2, 0.25) is 5.02 Å². The van der Waals surface area contributed by atoms with Gasteiger partial charge in [-0.2, -0.15) is 0 Å². The zero-order valence-electron chi connectivity index (χ0n) is 16.1. The summed E-state index contributed by atoms with van der Waals surface area (Å²) in [7, 11) is 0. The fraction of sp³-hybridized carbons (Fsp3) is 0.143. The molecule has 0 saturated carbocycles. The molecule has 0 atom stereocenters. The molecule has 1 fully saturated rings. The molecule has 1 aliphatic rings. The van der Waals surface area contributed by atoms with E-state index in [1.807, 2.05) is 18.2 Å². The summed E-state index contributed by atoms with van der Waals surface area (Å²) < 4.78 is 1.79. The number of hydrogen-bond acceptors (Lipinski definition) is 7. The Morgan fingerprint density at radius 3 is 2.74 bits per heavy atom. The van der Waals surface area contributed by atoms with Crippen LogP contribution in [0, 0.1) is 0 Å². The van der Waals surface area contributed by atoms with Crippen molar-refractivity contribution in [1.29, 1.82) is 0 Å². The minimum Gasteiger partial charge on any atom is -0.395 e. The molecule has 0 aliphatic carbocycles. The number of rotatable bonds is 6. The minimum atomic E-state index is -0.331. The number of carbonyl (C=O) groups excluding carboxylic acids is 1. The van der Waals surface area contributed by atoms with Crippen LogP contribution >= 0.6 is 35.6 Å². The lowest BCUT2D eigenvalue weighted by molar-refractivity contribution is -0.122. The van der Waals surface area contributed by atoms with Gasteiger partial charge in [-0.3, -0.25) is 18.9 Å². The first-order valence-corrected chi connectivity index (χ1v) is 10.9. The molecule has 0 unspecified atom stereocenters. The van der Waals surface area contributed by atoms with Gasteiger partial charge in [0.05, 0.1) is 23.6 Å². The van der Waals surface area contributed by atoms with Gasteiger partial charge in [0.15, 0.2) is 0 Å². The summed E-state index contributed by atoms with van der Waals surface area (Å²) in [6.45, 7) is 0.325. The SMILES string of the molecule is O=C1C(=Cc2c(NCCO)nc3ccccn3c2=O)SC(=S)N1Cc1ccccc1Cl. The third kappa shape index (κ3) is 4.35. The van der Waals surface area contributed by atoms with Crippen LogP contribution in [0.3, 0.4) is 0 Å². The second-order valence-corrected chi connectivity index (χ2v) is 8.70. The number of aliphatic hydroxyl groups excluding tert-OH is 1. The van der Waals surface area contributed by atoms with E-state index >= 15 is 0 Å². The molecule has 1 aliphatic heterocycles. The maximum atomic E-state index is 13.1. The number of carbonyl (C=O) groups is 1. The lowest BCUT2D eigenvalue weighted by Crippen LogP contribution is -2.27. The number of hydrogen-bond donors (Lipinski definition) is 2. The summed E-state index contributed by atoms with van der Waals surface area (Å²) in [5.41, 5.74) is 1.12. The number of benzene rings is 1. The Hall–Kier alpha value is -2.72. The van der Waals surface area contributed by atoms with E-state index in [0.717, 1.165) is 17.3 Å². The van der Waals surface area contributed by atoms with Crippen molar-refractivity contribution in [3.05, 3.63) is 80.1 Å². The van der Waals surface area contributed by atoms with E-state index in [0.29, 0.717) is 25.7 Å². The number of amides is 1. The van der Waals surface area contributed by atoms with Crippen molar-refractivity contribution in [2.75, 3.05) is 18.5 Å². The molecule has 3 aromatic rings. The minimum absolute atomic E-state index is 0.130. The molecule has 1 amide bonds. The Kier molecular flexibility index (Phi) is 6.38. The first-order chi connectivity index (χ1) is 15.0. The Labute approximate surface area is 192 Å². The third-order valence-electron chi connectivity index (χ3n) is 4.61. The molecule has 7 nitrogen and oxygen atoms in total. The normalized spacial score (nSPS) is 15.3. The van der Waals surface area contributed by atoms with Gasteiger partial charge >= 0.3 is 0 Å². The number of anilines is 1. The zero-order chi connectivity index (χ0) is 22.0. The third-order valence-corrected chi connectivity index (χ3v) is 6.36. The number of nitrogens with zero attached hydrogens (tertiary/aromatic N) is 3. The van der Waals surface area contributed by atoms with Gasteiger partial charge in [-0.25, -0.2) is 4.98 Å². The molecule has 4 rings (SSSR count). The maximum absolute atomic E-state index is 13.1. The Morgan fingerprint density at radius 1 is 1.19 bits per heavy atom. The highest BCUT2D eigenvalue weighted by Gasteiger charge is 2.33. The smallest absolute Gasteiger partial charge is 0.267 e. The first-order valence-electron chi connectivity index (χ1n) is 9.34. The highest BCUT2D eigenvalue weighted by Crippen LogP contribution is 2.34. The van der Waals surface area contributed by atoms with Crippen LogP contribution in [0.15, 0.2) is 58.4 Å². The van der Waals surface area contributed by atoms with Crippen molar-refractivity contribution in [1.82, 2.24) is 14.3 Å². The van der Waals surface area contributed by atoms with Crippen molar-refractivity contribution < 1.29 is 9.90 Å². The molecular formula is C21H17ClN4O3S2. The average molecular weight is 473 g/mol. The molecule has 1 saturated heterocycles. The molecule has 10 heteroatoms. The molecular weight excluding hydrogens is 456 g/mol. The molecule has 3 heterocycles. The fourth-order valence-electron chi connectivity index (χ4n) is 3.11. The van der Waals surface area contributed by atoms with Gasteiger partial charge in [0.1, 0.15) is 15.8 Å². The average Bonchev–Trinajstić information content (AvgIpc) is 3.03. The lowest BCUT2D eigenvalue weighted by atomic mass is 10.2. The molecule has 31 heavy (non-hydrogen) atoms. The van der Waals surface area contributed by atoms with Crippen LogP contribution in [-0.4, -0.2) is 42.8 Å². The summed E-state index contributed by atoms with van der Waals surface area (Å²) in [5.74, 6) is -0.0118. The number of pyridine rings is 1. The monoisotopic (exact) mass is 472 g/mol. The van der Waals surface area contributed by atoms with Crippen LogP contribution in [0.1, 0.15) is 11.1 Å². The molecule has 1 aromatic carbocycles. The number of aliphatic hydroxyl groups is 1.